The second-order valence-corrected chi connectivity index (χ2v) is 4.40. The highest BCUT2D eigenvalue weighted by Gasteiger charge is 2.27. The van der Waals surface area contributed by atoms with Crippen molar-refractivity contribution in [3.63, 3.8) is 0 Å². The van der Waals surface area contributed by atoms with Gasteiger partial charge in [0.15, 0.2) is 0 Å². The molecule has 1 N–H and O–H groups in total. The van der Waals surface area contributed by atoms with Crippen molar-refractivity contribution in [2.75, 3.05) is 7.11 Å². The average molecular weight is 199 g/mol. The second-order valence-electron chi connectivity index (χ2n) is 4.40. The summed E-state index contributed by atoms with van der Waals surface area (Å²) in [5.74, 6) is 0.0743. The summed E-state index contributed by atoms with van der Waals surface area (Å²) < 4.78 is 4.78. The van der Waals surface area contributed by atoms with Gasteiger partial charge in [0, 0.05) is 12.1 Å². The highest BCUT2D eigenvalue weighted by molar-refractivity contribution is 5.72. The van der Waals surface area contributed by atoms with E-state index in [4.69, 9.17) is 4.74 Å². The molecule has 0 aromatic heterocycles. The standard InChI is InChI=1S/C11H21NO2/c1-8(2)12-10-6-4-5-9(7-10)11(13)14-3/h8-10,12H,4-7H2,1-3H3/t9-,10+/m1/s1. The molecule has 0 aliphatic heterocycles. The lowest BCUT2D eigenvalue weighted by molar-refractivity contribution is -0.146. The van der Waals surface area contributed by atoms with Crippen molar-refractivity contribution in [3.8, 4) is 0 Å². The highest BCUT2D eigenvalue weighted by Crippen LogP contribution is 2.25. The molecule has 0 saturated heterocycles. The lowest BCUT2D eigenvalue weighted by Crippen LogP contribution is -2.40. The number of hydrogen-bond acceptors (Lipinski definition) is 3. The molecule has 1 fully saturated rings. The van der Waals surface area contributed by atoms with E-state index in [1.807, 2.05) is 0 Å². The van der Waals surface area contributed by atoms with Gasteiger partial charge in [-0.1, -0.05) is 20.3 Å². The van der Waals surface area contributed by atoms with Crippen LogP contribution >= 0.6 is 0 Å². The van der Waals surface area contributed by atoms with E-state index in [1.165, 1.54) is 13.5 Å². The minimum absolute atomic E-state index is 0.0414. The van der Waals surface area contributed by atoms with Crippen LogP contribution in [-0.4, -0.2) is 25.2 Å². The molecule has 0 bridgehead atoms. The monoisotopic (exact) mass is 199 g/mol. The van der Waals surface area contributed by atoms with Crippen molar-refractivity contribution in [3.05, 3.63) is 0 Å². The van der Waals surface area contributed by atoms with Crippen LogP contribution in [0.3, 0.4) is 0 Å². The van der Waals surface area contributed by atoms with E-state index in [0.717, 1.165) is 19.3 Å². The van der Waals surface area contributed by atoms with Crippen LogP contribution in [0.25, 0.3) is 0 Å². The summed E-state index contributed by atoms with van der Waals surface area (Å²) in [6, 6.07) is 0.990. The van der Waals surface area contributed by atoms with Crippen LogP contribution in [0.2, 0.25) is 0 Å². The highest BCUT2D eigenvalue weighted by atomic mass is 16.5. The average Bonchev–Trinajstić information content (AvgIpc) is 2.16. The number of rotatable bonds is 3. The van der Waals surface area contributed by atoms with Crippen molar-refractivity contribution in [1.29, 1.82) is 0 Å². The van der Waals surface area contributed by atoms with Gasteiger partial charge in [-0.3, -0.25) is 4.79 Å². The molecule has 14 heavy (non-hydrogen) atoms. The predicted octanol–water partition coefficient (Wildman–Crippen LogP) is 1.72. The molecule has 0 spiro atoms. The van der Waals surface area contributed by atoms with E-state index in [2.05, 4.69) is 19.2 Å². The van der Waals surface area contributed by atoms with Crippen LogP contribution in [0.15, 0.2) is 0 Å². The maximum absolute atomic E-state index is 11.3. The fourth-order valence-corrected chi connectivity index (χ4v) is 2.19. The first-order chi connectivity index (χ1) is 6.63. The van der Waals surface area contributed by atoms with E-state index < -0.39 is 0 Å². The third-order valence-electron chi connectivity index (χ3n) is 2.78. The number of carbonyl (C=O) groups is 1. The third kappa shape index (κ3) is 3.29. The molecule has 0 radical (unpaired) electrons. The molecule has 3 nitrogen and oxygen atoms in total. The van der Waals surface area contributed by atoms with E-state index in [0.29, 0.717) is 12.1 Å². The molecule has 0 heterocycles. The van der Waals surface area contributed by atoms with Gasteiger partial charge in [0.1, 0.15) is 0 Å². The Kier molecular flexibility index (Phi) is 4.39. The van der Waals surface area contributed by atoms with Crippen LogP contribution < -0.4 is 5.32 Å². The zero-order valence-corrected chi connectivity index (χ0v) is 9.38. The number of hydrogen-bond donors (Lipinski definition) is 1. The summed E-state index contributed by atoms with van der Waals surface area (Å²) in [7, 11) is 1.47. The molecule has 0 amide bonds. The molecular weight excluding hydrogens is 178 g/mol. The summed E-state index contributed by atoms with van der Waals surface area (Å²) >= 11 is 0. The van der Waals surface area contributed by atoms with E-state index >= 15 is 0 Å². The molecular formula is C11H21NO2. The Morgan fingerprint density at radius 1 is 1.43 bits per heavy atom. The smallest absolute Gasteiger partial charge is 0.308 e. The van der Waals surface area contributed by atoms with Gasteiger partial charge in [0.25, 0.3) is 0 Å². The van der Waals surface area contributed by atoms with Gasteiger partial charge in [-0.15, -0.1) is 0 Å². The minimum atomic E-state index is -0.0414. The SMILES string of the molecule is COC(=O)[C@@H]1CCC[C@H](NC(C)C)C1. The van der Waals surface area contributed by atoms with E-state index in [9.17, 15) is 4.79 Å². The molecule has 1 aliphatic rings. The Balaban J connectivity index is 2.39. The number of carbonyl (C=O) groups excluding carboxylic acids is 1. The Morgan fingerprint density at radius 2 is 2.14 bits per heavy atom. The Labute approximate surface area is 86.2 Å². The molecule has 1 rings (SSSR count). The fourth-order valence-electron chi connectivity index (χ4n) is 2.19. The lowest BCUT2D eigenvalue weighted by atomic mass is 9.85. The van der Waals surface area contributed by atoms with Crippen molar-refractivity contribution in [1.82, 2.24) is 5.32 Å². The predicted molar refractivity (Wildman–Crippen MR) is 56.0 cm³/mol. The van der Waals surface area contributed by atoms with Crippen LogP contribution in [0.4, 0.5) is 0 Å². The largest absolute Gasteiger partial charge is 0.469 e. The Morgan fingerprint density at radius 3 is 2.71 bits per heavy atom. The zero-order chi connectivity index (χ0) is 10.6. The zero-order valence-electron chi connectivity index (χ0n) is 9.38. The lowest BCUT2D eigenvalue weighted by Gasteiger charge is -2.29. The molecule has 0 aromatic rings. The summed E-state index contributed by atoms with van der Waals surface area (Å²) in [6.07, 6.45) is 4.24. The molecule has 3 heteroatoms. The fraction of sp³-hybridized carbons (Fsp3) is 0.909. The molecule has 0 aromatic carbocycles. The molecule has 2 atom stereocenters. The summed E-state index contributed by atoms with van der Waals surface area (Å²) in [6.45, 7) is 4.28. The van der Waals surface area contributed by atoms with Crippen molar-refractivity contribution in [2.45, 2.75) is 51.6 Å². The van der Waals surface area contributed by atoms with E-state index in [-0.39, 0.29) is 11.9 Å². The number of ether oxygens (including phenoxy) is 1. The molecule has 0 unspecified atom stereocenters. The normalized spacial score (nSPS) is 27.7. The number of methoxy groups -OCH3 is 1. The van der Waals surface area contributed by atoms with Crippen molar-refractivity contribution >= 4 is 5.97 Å². The Hall–Kier alpha value is -0.570. The maximum atomic E-state index is 11.3. The van der Waals surface area contributed by atoms with Crippen molar-refractivity contribution < 1.29 is 9.53 Å². The first kappa shape index (κ1) is 11.5. The molecule has 1 saturated carbocycles. The van der Waals surface area contributed by atoms with Gasteiger partial charge >= 0.3 is 5.97 Å². The minimum Gasteiger partial charge on any atom is -0.469 e. The van der Waals surface area contributed by atoms with Gasteiger partial charge < -0.3 is 10.1 Å². The van der Waals surface area contributed by atoms with Crippen LogP contribution in [0.1, 0.15) is 39.5 Å². The van der Waals surface area contributed by atoms with E-state index in [1.54, 1.807) is 0 Å². The van der Waals surface area contributed by atoms with Gasteiger partial charge in [0.05, 0.1) is 13.0 Å². The molecule has 82 valence electrons. The van der Waals surface area contributed by atoms with Crippen molar-refractivity contribution in [2.24, 2.45) is 5.92 Å². The number of nitrogens with one attached hydrogen (secondary N) is 1. The summed E-state index contributed by atoms with van der Waals surface area (Å²) in [5.41, 5.74) is 0. The van der Waals surface area contributed by atoms with Gasteiger partial charge in [-0.25, -0.2) is 0 Å². The van der Waals surface area contributed by atoms with Gasteiger partial charge in [0.2, 0.25) is 0 Å². The Bertz CT molecular complexity index is 192. The molecule has 1 aliphatic carbocycles. The maximum Gasteiger partial charge on any atom is 0.308 e. The first-order valence-corrected chi connectivity index (χ1v) is 5.47. The summed E-state index contributed by atoms with van der Waals surface area (Å²) in [5, 5.41) is 3.48. The third-order valence-corrected chi connectivity index (χ3v) is 2.78. The van der Waals surface area contributed by atoms with Crippen LogP contribution in [0.5, 0.6) is 0 Å². The van der Waals surface area contributed by atoms with Gasteiger partial charge in [-0.2, -0.15) is 0 Å². The topological polar surface area (TPSA) is 38.3 Å². The number of esters is 1. The quantitative estimate of drug-likeness (QED) is 0.703. The summed E-state index contributed by atoms with van der Waals surface area (Å²) in [4.78, 5) is 11.3. The van der Waals surface area contributed by atoms with Crippen LogP contribution in [-0.2, 0) is 9.53 Å². The van der Waals surface area contributed by atoms with Gasteiger partial charge in [-0.05, 0) is 19.3 Å². The van der Waals surface area contributed by atoms with Crippen LogP contribution in [0, 0.1) is 5.92 Å². The second kappa shape index (κ2) is 5.35. The first-order valence-electron chi connectivity index (χ1n) is 5.47.